The molecule has 2 saturated heterocycles. The van der Waals surface area contributed by atoms with E-state index in [-0.39, 0.29) is 11.9 Å². The Morgan fingerprint density at radius 3 is 2.38 bits per heavy atom. The number of hydrogen-bond donors (Lipinski definition) is 1. The average molecular weight is 490 g/mol. The van der Waals surface area contributed by atoms with E-state index >= 15 is 0 Å². The van der Waals surface area contributed by atoms with Gasteiger partial charge in [0.2, 0.25) is 15.9 Å². The smallest absolute Gasteiger partial charge is 0.244 e. The van der Waals surface area contributed by atoms with Crippen LogP contribution in [-0.2, 0) is 19.6 Å². The first-order valence-corrected chi connectivity index (χ1v) is 13.4. The lowest BCUT2D eigenvalue weighted by Gasteiger charge is -2.34. The number of benzene rings is 1. The highest BCUT2D eigenvalue weighted by Gasteiger charge is 2.41. The van der Waals surface area contributed by atoms with Crippen molar-refractivity contribution in [3.63, 3.8) is 0 Å². The van der Waals surface area contributed by atoms with E-state index in [2.05, 4.69) is 10.2 Å². The van der Waals surface area contributed by atoms with Gasteiger partial charge in [0.15, 0.2) is 0 Å². The molecule has 2 unspecified atom stereocenters. The normalized spacial score (nSPS) is 21.0. The molecule has 0 radical (unpaired) electrons. The predicted molar refractivity (Wildman–Crippen MR) is 129 cm³/mol. The van der Waals surface area contributed by atoms with Crippen molar-refractivity contribution in [2.75, 3.05) is 39.4 Å². The summed E-state index contributed by atoms with van der Waals surface area (Å²) in [5.74, 6) is 1.35. The Hall–Kier alpha value is -2.20. The third-order valence-corrected chi connectivity index (χ3v) is 8.94. The summed E-state index contributed by atoms with van der Waals surface area (Å²) in [7, 11) is -3.79. The van der Waals surface area contributed by atoms with Gasteiger partial charge in [0.25, 0.3) is 0 Å². The number of morpholine rings is 1. The van der Waals surface area contributed by atoms with Crippen LogP contribution in [0.5, 0.6) is 0 Å². The van der Waals surface area contributed by atoms with Gasteiger partial charge >= 0.3 is 0 Å². The van der Waals surface area contributed by atoms with E-state index < -0.39 is 16.1 Å². The Morgan fingerprint density at radius 1 is 1.09 bits per heavy atom. The van der Waals surface area contributed by atoms with Crippen molar-refractivity contribution in [1.82, 2.24) is 14.5 Å². The van der Waals surface area contributed by atoms with Crippen LogP contribution in [0.25, 0.3) is 0 Å². The van der Waals surface area contributed by atoms with Crippen molar-refractivity contribution in [2.45, 2.75) is 57.5 Å². The number of furan rings is 1. The second-order valence-corrected chi connectivity index (χ2v) is 11.2. The highest BCUT2D eigenvalue weighted by Crippen LogP contribution is 2.31. The fourth-order valence-electron chi connectivity index (χ4n) is 5.23. The summed E-state index contributed by atoms with van der Waals surface area (Å²) in [6, 6.07) is 6.77. The number of carbonyl (C=O) groups excluding carboxylic acids is 1. The first-order valence-electron chi connectivity index (χ1n) is 11.9. The molecule has 2 fully saturated rings. The van der Waals surface area contributed by atoms with E-state index in [1.54, 1.807) is 0 Å². The Morgan fingerprint density at radius 2 is 1.76 bits per heavy atom. The topological polar surface area (TPSA) is 92.1 Å². The van der Waals surface area contributed by atoms with Crippen LogP contribution in [0.3, 0.4) is 0 Å². The van der Waals surface area contributed by atoms with Crippen LogP contribution in [0.1, 0.15) is 47.1 Å². The minimum absolute atomic E-state index is 0.130. The molecule has 0 aliphatic carbocycles. The number of rotatable bonds is 7. The fourth-order valence-corrected chi connectivity index (χ4v) is 7.30. The van der Waals surface area contributed by atoms with Gasteiger partial charge in [0.05, 0.1) is 24.2 Å². The summed E-state index contributed by atoms with van der Waals surface area (Å²) in [6.45, 7) is 10.9. The molecule has 1 amide bonds. The molecule has 4 rings (SSSR count). The van der Waals surface area contributed by atoms with Crippen LogP contribution in [0.4, 0.5) is 0 Å². The first kappa shape index (κ1) is 24.9. The molecule has 1 aromatic carbocycles. The zero-order valence-electron chi connectivity index (χ0n) is 20.5. The third kappa shape index (κ3) is 5.07. The molecule has 8 nitrogen and oxygen atoms in total. The summed E-state index contributed by atoms with van der Waals surface area (Å²) in [5.41, 5.74) is 2.44. The molecule has 1 aromatic heterocycles. The van der Waals surface area contributed by atoms with E-state index in [0.717, 1.165) is 30.2 Å². The zero-order chi connectivity index (χ0) is 24.5. The Labute approximate surface area is 202 Å². The highest BCUT2D eigenvalue weighted by molar-refractivity contribution is 7.89. The summed E-state index contributed by atoms with van der Waals surface area (Å²) in [6.07, 6.45) is 1.17. The molecule has 2 aliphatic heterocycles. The Bertz CT molecular complexity index is 1110. The van der Waals surface area contributed by atoms with Gasteiger partial charge in [-0.2, -0.15) is 4.31 Å². The van der Waals surface area contributed by atoms with Crippen LogP contribution >= 0.6 is 0 Å². The van der Waals surface area contributed by atoms with E-state index in [0.29, 0.717) is 55.2 Å². The molecular formula is C25H35N3O5S. The molecule has 2 atom stereocenters. The monoisotopic (exact) mass is 489 g/mol. The van der Waals surface area contributed by atoms with Gasteiger partial charge in [0, 0.05) is 26.2 Å². The molecule has 2 aliphatic rings. The molecule has 9 heteroatoms. The maximum atomic E-state index is 13.6. The average Bonchev–Trinajstić information content (AvgIpc) is 3.43. The minimum atomic E-state index is -3.79. The van der Waals surface area contributed by atoms with Gasteiger partial charge in [0.1, 0.15) is 17.6 Å². The predicted octanol–water partition coefficient (Wildman–Crippen LogP) is 2.86. The second kappa shape index (κ2) is 10.2. The molecule has 1 N–H and O–H groups in total. The second-order valence-electron chi connectivity index (χ2n) is 9.36. The molecule has 34 heavy (non-hydrogen) atoms. The number of nitrogens with one attached hydrogen (secondary N) is 1. The Kier molecular flexibility index (Phi) is 7.47. The van der Waals surface area contributed by atoms with Gasteiger partial charge < -0.3 is 14.5 Å². The molecule has 186 valence electrons. The van der Waals surface area contributed by atoms with Crippen molar-refractivity contribution >= 4 is 15.9 Å². The van der Waals surface area contributed by atoms with Crippen molar-refractivity contribution in [2.24, 2.45) is 0 Å². The third-order valence-electron chi connectivity index (χ3n) is 6.72. The van der Waals surface area contributed by atoms with E-state index in [1.807, 2.05) is 52.0 Å². The number of ether oxygens (including phenoxy) is 1. The maximum Gasteiger partial charge on any atom is 0.244 e. The van der Waals surface area contributed by atoms with E-state index in [4.69, 9.17) is 9.15 Å². The van der Waals surface area contributed by atoms with Gasteiger partial charge in [-0.15, -0.1) is 0 Å². The Balaban J connectivity index is 1.51. The van der Waals surface area contributed by atoms with Crippen molar-refractivity contribution < 1.29 is 22.4 Å². The number of aryl methyl sites for hydroxylation is 4. The number of amides is 1. The van der Waals surface area contributed by atoms with Gasteiger partial charge in [-0.25, -0.2) is 8.42 Å². The largest absolute Gasteiger partial charge is 0.465 e. The van der Waals surface area contributed by atoms with Crippen LogP contribution in [-0.4, -0.2) is 69.0 Å². The number of sulfonamides is 1. The van der Waals surface area contributed by atoms with E-state index in [1.165, 1.54) is 4.31 Å². The lowest BCUT2D eigenvalue weighted by Crippen LogP contribution is -2.49. The van der Waals surface area contributed by atoms with Crippen LogP contribution in [0.2, 0.25) is 0 Å². The molecule has 0 spiro atoms. The summed E-state index contributed by atoms with van der Waals surface area (Å²) >= 11 is 0. The summed E-state index contributed by atoms with van der Waals surface area (Å²) in [4.78, 5) is 15.8. The standard InChI is InChI=1S/C25H35N3O5S/c1-17-14-18(2)24(19(3)15-17)34(30,31)28-9-5-6-21(28)25(29)26-16-22(23-8-7-20(4)33-23)27-10-12-32-13-11-27/h7-8,14-15,21-22H,5-6,9-13,16H2,1-4H3,(H,26,29). The van der Waals surface area contributed by atoms with Crippen LogP contribution in [0.15, 0.2) is 33.6 Å². The minimum Gasteiger partial charge on any atom is -0.465 e. The van der Waals surface area contributed by atoms with Gasteiger partial charge in [-0.05, 0) is 63.8 Å². The number of nitrogens with zero attached hydrogens (tertiary/aromatic N) is 2. The molecular weight excluding hydrogens is 454 g/mol. The van der Waals surface area contributed by atoms with Gasteiger partial charge in [-0.1, -0.05) is 17.7 Å². The zero-order valence-corrected chi connectivity index (χ0v) is 21.3. The van der Waals surface area contributed by atoms with Gasteiger partial charge in [-0.3, -0.25) is 9.69 Å². The van der Waals surface area contributed by atoms with Crippen molar-refractivity contribution in [1.29, 1.82) is 0 Å². The quantitative estimate of drug-likeness (QED) is 0.643. The maximum absolute atomic E-state index is 13.6. The van der Waals surface area contributed by atoms with Crippen LogP contribution < -0.4 is 5.32 Å². The van der Waals surface area contributed by atoms with Crippen molar-refractivity contribution in [3.8, 4) is 0 Å². The lowest BCUT2D eigenvalue weighted by molar-refractivity contribution is -0.124. The molecule has 2 aromatic rings. The van der Waals surface area contributed by atoms with E-state index in [9.17, 15) is 13.2 Å². The fraction of sp³-hybridized carbons (Fsp3) is 0.560. The summed E-state index contributed by atoms with van der Waals surface area (Å²) in [5, 5.41) is 3.03. The highest BCUT2D eigenvalue weighted by atomic mass is 32.2. The SMILES string of the molecule is Cc1cc(C)c(S(=O)(=O)N2CCCC2C(=O)NCC(c2ccc(C)o2)N2CCOCC2)c(C)c1. The van der Waals surface area contributed by atoms with Crippen molar-refractivity contribution in [3.05, 3.63) is 52.5 Å². The number of hydrogen-bond acceptors (Lipinski definition) is 6. The summed E-state index contributed by atoms with van der Waals surface area (Å²) < 4.78 is 40.0. The van der Waals surface area contributed by atoms with Crippen LogP contribution in [0, 0.1) is 27.7 Å². The lowest BCUT2D eigenvalue weighted by atomic mass is 10.1. The molecule has 3 heterocycles. The number of carbonyl (C=O) groups is 1. The molecule has 0 bridgehead atoms. The molecule has 0 saturated carbocycles. The first-order chi connectivity index (χ1) is 16.2.